The van der Waals surface area contributed by atoms with Crippen molar-refractivity contribution in [1.29, 1.82) is 0 Å². The Bertz CT molecular complexity index is 617. The van der Waals surface area contributed by atoms with Crippen LogP contribution in [-0.2, 0) is 9.84 Å². The lowest BCUT2D eigenvalue weighted by molar-refractivity contribution is 0.0707. The van der Waals surface area contributed by atoms with E-state index in [1.54, 1.807) is 13.0 Å². The number of rotatable bonds is 1. The van der Waals surface area contributed by atoms with Crippen LogP contribution in [0, 0.1) is 5.82 Å². The summed E-state index contributed by atoms with van der Waals surface area (Å²) >= 11 is 3.03. The predicted octanol–water partition coefficient (Wildman–Crippen LogP) is 1.85. The number of benzene rings is 1. The van der Waals surface area contributed by atoms with Crippen LogP contribution in [-0.4, -0.2) is 43.3 Å². The van der Waals surface area contributed by atoms with Gasteiger partial charge in [-0.2, -0.15) is 0 Å². The molecule has 104 valence electrons. The Labute approximate surface area is 119 Å². The van der Waals surface area contributed by atoms with Crippen LogP contribution >= 0.6 is 15.9 Å². The highest BCUT2D eigenvalue weighted by atomic mass is 79.9. The predicted molar refractivity (Wildman–Crippen MR) is 73.3 cm³/mol. The van der Waals surface area contributed by atoms with Gasteiger partial charge in [0.05, 0.1) is 21.5 Å². The first-order valence-corrected chi connectivity index (χ1v) is 8.38. The molecule has 2 rings (SSSR count). The monoisotopic (exact) mass is 349 g/mol. The Hall–Kier alpha value is -0.950. The third-order valence-corrected chi connectivity index (χ3v) is 5.52. The second-order valence-electron chi connectivity index (χ2n) is 4.56. The van der Waals surface area contributed by atoms with E-state index in [0.29, 0.717) is 0 Å². The van der Waals surface area contributed by atoms with Crippen LogP contribution in [0.15, 0.2) is 22.7 Å². The van der Waals surface area contributed by atoms with Gasteiger partial charge in [0.25, 0.3) is 5.91 Å². The van der Waals surface area contributed by atoms with Crippen LogP contribution in [0.25, 0.3) is 0 Å². The molecule has 1 aliphatic heterocycles. The Morgan fingerprint density at radius 2 is 2.16 bits per heavy atom. The molecule has 0 saturated carbocycles. The number of hydrogen-bond donors (Lipinski definition) is 0. The minimum atomic E-state index is -3.10. The molecule has 0 radical (unpaired) electrons. The third kappa shape index (κ3) is 2.97. The Morgan fingerprint density at radius 1 is 1.47 bits per heavy atom. The van der Waals surface area contributed by atoms with Crippen molar-refractivity contribution >= 4 is 31.7 Å². The summed E-state index contributed by atoms with van der Waals surface area (Å²) in [5.41, 5.74) is -0.0412. The first-order chi connectivity index (χ1) is 8.82. The van der Waals surface area contributed by atoms with Crippen LogP contribution in [0.3, 0.4) is 0 Å². The van der Waals surface area contributed by atoms with E-state index in [1.807, 2.05) is 0 Å². The summed E-state index contributed by atoms with van der Waals surface area (Å²) in [4.78, 5) is 13.7. The van der Waals surface area contributed by atoms with E-state index in [0.717, 1.165) is 0 Å². The molecule has 0 spiro atoms. The van der Waals surface area contributed by atoms with Gasteiger partial charge in [-0.05, 0) is 35.0 Å². The minimum Gasteiger partial charge on any atom is -0.334 e. The van der Waals surface area contributed by atoms with Crippen molar-refractivity contribution in [2.45, 2.75) is 13.0 Å². The van der Waals surface area contributed by atoms with Gasteiger partial charge < -0.3 is 4.90 Å². The maximum Gasteiger partial charge on any atom is 0.257 e. The zero-order valence-corrected chi connectivity index (χ0v) is 12.7. The summed E-state index contributed by atoms with van der Waals surface area (Å²) in [7, 11) is -3.10. The van der Waals surface area contributed by atoms with Crippen LogP contribution in [0.2, 0.25) is 0 Å². The van der Waals surface area contributed by atoms with Crippen molar-refractivity contribution in [3.8, 4) is 0 Å². The topological polar surface area (TPSA) is 54.5 Å². The van der Waals surface area contributed by atoms with Gasteiger partial charge in [0.2, 0.25) is 0 Å². The SMILES string of the molecule is CC1CS(=O)(=O)CCN1C(=O)c1cccc(Br)c1F. The number of sulfone groups is 1. The molecule has 0 N–H and O–H groups in total. The van der Waals surface area contributed by atoms with E-state index in [1.165, 1.54) is 17.0 Å². The molecule has 4 nitrogen and oxygen atoms in total. The quantitative estimate of drug-likeness (QED) is 0.777. The highest BCUT2D eigenvalue weighted by Crippen LogP contribution is 2.22. The fourth-order valence-electron chi connectivity index (χ4n) is 2.12. The van der Waals surface area contributed by atoms with Gasteiger partial charge in [-0.1, -0.05) is 6.07 Å². The standard InChI is InChI=1S/C12H13BrFNO3S/c1-8-7-19(17,18)6-5-15(8)12(16)9-3-2-4-10(13)11(9)14/h2-4,8H,5-7H2,1H3. The van der Waals surface area contributed by atoms with E-state index in [2.05, 4.69) is 15.9 Å². The van der Waals surface area contributed by atoms with Gasteiger partial charge in [-0.3, -0.25) is 4.79 Å². The summed E-state index contributed by atoms with van der Waals surface area (Å²) in [6.07, 6.45) is 0. The van der Waals surface area contributed by atoms with Crippen molar-refractivity contribution < 1.29 is 17.6 Å². The van der Waals surface area contributed by atoms with Crippen molar-refractivity contribution in [3.05, 3.63) is 34.1 Å². The molecule has 1 aromatic carbocycles. The van der Waals surface area contributed by atoms with Gasteiger partial charge in [0, 0.05) is 12.6 Å². The molecule has 1 unspecified atom stereocenters. The molecule has 1 aliphatic rings. The van der Waals surface area contributed by atoms with E-state index < -0.39 is 27.6 Å². The summed E-state index contributed by atoms with van der Waals surface area (Å²) in [5.74, 6) is -1.23. The number of amides is 1. The molecule has 0 aliphatic carbocycles. The maximum absolute atomic E-state index is 13.9. The second-order valence-corrected chi connectivity index (χ2v) is 7.65. The molecule has 1 saturated heterocycles. The lowest BCUT2D eigenvalue weighted by atomic mass is 10.1. The number of carbonyl (C=O) groups is 1. The Kier molecular flexibility index (Phi) is 3.96. The van der Waals surface area contributed by atoms with Gasteiger partial charge in [-0.25, -0.2) is 12.8 Å². The summed E-state index contributed by atoms with van der Waals surface area (Å²) in [6.45, 7) is 1.76. The van der Waals surface area contributed by atoms with E-state index >= 15 is 0 Å². The fourth-order valence-corrected chi connectivity index (χ4v) is 4.05. The molecule has 1 aromatic rings. The van der Waals surface area contributed by atoms with Crippen LogP contribution in [0.5, 0.6) is 0 Å². The zero-order valence-electron chi connectivity index (χ0n) is 10.3. The molecule has 0 bridgehead atoms. The minimum absolute atomic E-state index is 0.0412. The van der Waals surface area contributed by atoms with E-state index in [-0.39, 0.29) is 28.1 Å². The van der Waals surface area contributed by atoms with Crippen LogP contribution < -0.4 is 0 Å². The molecule has 7 heteroatoms. The lowest BCUT2D eigenvalue weighted by Gasteiger charge is -2.33. The van der Waals surface area contributed by atoms with Crippen LogP contribution in [0.1, 0.15) is 17.3 Å². The van der Waals surface area contributed by atoms with Crippen molar-refractivity contribution in [2.75, 3.05) is 18.1 Å². The average Bonchev–Trinajstić information content (AvgIpc) is 2.31. The van der Waals surface area contributed by atoms with Crippen molar-refractivity contribution in [2.24, 2.45) is 0 Å². The van der Waals surface area contributed by atoms with Gasteiger partial charge in [0.1, 0.15) is 5.82 Å². The highest BCUT2D eigenvalue weighted by molar-refractivity contribution is 9.10. The van der Waals surface area contributed by atoms with Gasteiger partial charge >= 0.3 is 0 Å². The number of halogens is 2. The molecule has 1 atom stereocenters. The molecular weight excluding hydrogens is 337 g/mol. The number of nitrogens with zero attached hydrogens (tertiary/aromatic N) is 1. The molecular formula is C12H13BrFNO3S. The fraction of sp³-hybridized carbons (Fsp3) is 0.417. The van der Waals surface area contributed by atoms with E-state index in [4.69, 9.17) is 0 Å². The molecule has 1 heterocycles. The molecule has 19 heavy (non-hydrogen) atoms. The Morgan fingerprint density at radius 3 is 2.79 bits per heavy atom. The maximum atomic E-state index is 13.9. The van der Waals surface area contributed by atoms with Crippen molar-refractivity contribution in [1.82, 2.24) is 4.90 Å². The summed E-state index contributed by atoms with van der Waals surface area (Å²) in [5, 5.41) is 0. The van der Waals surface area contributed by atoms with E-state index in [9.17, 15) is 17.6 Å². The second kappa shape index (κ2) is 5.20. The lowest BCUT2D eigenvalue weighted by Crippen LogP contribution is -2.49. The largest absolute Gasteiger partial charge is 0.334 e. The molecule has 0 aromatic heterocycles. The molecule has 1 amide bonds. The number of hydrogen-bond acceptors (Lipinski definition) is 3. The highest BCUT2D eigenvalue weighted by Gasteiger charge is 2.32. The van der Waals surface area contributed by atoms with Gasteiger partial charge in [-0.15, -0.1) is 0 Å². The number of carbonyl (C=O) groups excluding carboxylic acids is 1. The smallest absolute Gasteiger partial charge is 0.257 e. The average molecular weight is 350 g/mol. The first kappa shape index (κ1) is 14.5. The zero-order chi connectivity index (χ0) is 14.2. The third-order valence-electron chi connectivity index (χ3n) is 3.11. The van der Waals surface area contributed by atoms with Gasteiger partial charge in [0.15, 0.2) is 9.84 Å². The summed E-state index contributed by atoms with van der Waals surface area (Å²) < 4.78 is 37.0. The van der Waals surface area contributed by atoms with Crippen molar-refractivity contribution in [3.63, 3.8) is 0 Å². The first-order valence-electron chi connectivity index (χ1n) is 5.77. The normalized spacial score (nSPS) is 22.3. The molecule has 1 fully saturated rings. The summed E-state index contributed by atoms with van der Waals surface area (Å²) in [6, 6.07) is 4.05. The van der Waals surface area contributed by atoms with Crippen LogP contribution in [0.4, 0.5) is 4.39 Å². The Balaban J connectivity index is 2.28.